The predicted molar refractivity (Wildman–Crippen MR) is 307 cm³/mol. The van der Waals surface area contributed by atoms with Gasteiger partial charge in [-0.1, -0.05) is 242 Å². The van der Waals surface area contributed by atoms with Crippen LogP contribution in [-0.4, -0.2) is 69.4 Å². The monoisotopic (exact) mass is 1030 g/mol. The van der Waals surface area contributed by atoms with Crippen LogP contribution in [0.15, 0.2) is 60.8 Å². The Hall–Kier alpha value is -2.29. The van der Waals surface area contributed by atoms with E-state index in [1.807, 2.05) is 33.3 Å². The number of likely N-dealkylation sites (N-methyl/N-ethyl adjacent to an activating group) is 1. The van der Waals surface area contributed by atoms with E-state index in [0.29, 0.717) is 23.9 Å². The number of nitrogens with one attached hydrogen (secondary N) is 1. The van der Waals surface area contributed by atoms with Gasteiger partial charge in [-0.25, -0.2) is 0 Å². The van der Waals surface area contributed by atoms with E-state index >= 15 is 0 Å². The van der Waals surface area contributed by atoms with Crippen LogP contribution in [0, 0.1) is 0 Å². The molecule has 0 aromatic rings. The molecule has 0 fully saturated rings. The standard InChI is InChI=1S/C62H115N2O7P/c1-7-10-13-16-19-22-25-28-29-30-31-32-33-34-35-37-40-43-46-49-52-55-62(66)71-60(53-50-47-44-41-38-27-24-21-18-15-12-9-3)59(58-70-72(67,68)69-57-56-64(4,5)6)63-61(65)54-51-48-45-42-39-36-26-23-20-17-14-11-8-2/h19,22,28-29,31-32,34-35,50,53,59-60H,7-18,20-21,23-27,30,33,36-49,51-52,54-58H2,1-6H3,(H-,63,65,67,68)/b22-19-,29-28-,32-31-,35-34-,53-50+. The minimum absolute atomic E-state index is 0.0257. The van der Waals surface area contributed by atoms with E-state index in [1.165, 1.54) is 141 Å². The van der Waals surface area contributed by atoms with Gasteiger partial charge in [0.2, 0.25) is 5.91 Å². The lowest BCUT2D eigenvalue weighted by Gasteiger charge is -2.30. The summed E-state index contributed by atoms with van der Waals surface area (Å²) in [6, 6.07) is -0.894. The Kier molecular flexibility index (Phi) is 50.5. The maximum absolute atomic E-state index is 13.5. The van der Waals surface area contributed by atoms with Crippen molar-refractivity contribution in [2.75, 3.05) is 40.9 Å². The predicted octanol–water partition coefficient (Wildman–Crippen LogP) is 17.6. The third kappa shape index (κ3) is 52.6. The number of hydrogen-bond donors (Lipinski definition) is 1. The molecule has 0 rings (SSSR count). The largest absolute Gasteiger partial charge is 0.756 e. The lowest BCUT2D eigenvalue weighted by atomic mass is 10.0. The van der Waals surface area contributed by atoms with Crippen LogP contribution in [0.3, 0.4) is 0 Å². The lowest BCUT2D eigenvalue weighted by Crippen LogP contribution is -2.47. The summed E-state index contributed by atoms with van der Waals surface area (Å²) >= 11 is 0. The number of carbonyl (C=O) groups excluding carboxylic acids is 2. The normalized spacial score (nSPS) is 14.2. The van der Waals surface area contributed by atoms with E-state index in [2.05, 4.69) is 74.7 Å². The van der Waals surface area contributed by atoms with Gasteiger partial charge in [0, 0.05) is 12.8 Å². The first kappa shape index (κ1) is 69.7. The van der Waals surface area contributed by atoms with Crippen molar-refractivity contribution >= 4 is 19.7 Å². The van der Waals surface area contributed by atoms with Crippen LogP contribution in [0.1, 0.15) is 271 Å². The van der Waals surface area contributed by atoms with Crippen molar-refractivity contribution < 1.29 is 37.3 Å². The van der Waals surface area contributed by atoms with Crippen molar-refractivity contribution in [2.24, 2.45) is 0 Å². The summed E-state index contributed by atoms with van der Waals surface area (Å²) in [5, 5.41) is 3.02. The summed E-state index contributed by atoms with van der Waals surface area (Å²) in [5.74, 6) is -0.557. The molecular formula is C62H115N2O7P. The third-order valence-corrected chi connectivity index (χ3v) is 14.2. The number of rotatable bonds is 54. The zero-order valence-electron chi connectivity index (χ0n) is 47.9. The summed E-state index contributed by atoms with van der Waals surface area (Å²) in [6.07, 6.45) is 64.6. The Labute approximate surface area is 445 Å². The van der Waals surface area contributed by atoms with Crippen LogP contribution in [0.4, 0.5) is 0 Å². The van der Waals surface area contributed by atoms with Gasteiger partial charge in [0.25, 0.3) is 7.82 Å². The Bertz CT molecular complexity index is 1420. The number of ether oxygens (including phenoxy) is 1. The van der Waals surface area contributed by atoms with Gasteiger partial charge in [0.15, 0.2) is 0 Å². The number of phosphoric acid groups is 1. The molecule has 420 valence electrons. The van der Waals surface area contributed by atoms with Crippen molar-refractivity contribution in [1.29, 1.82) is 0 Å². The van der Waals surface area contributed by atoms with E-state index in [1.54, 1.807) is 0 Å². The minimum Gasteiger partial charge on any atom is -0.756 e. The number of allylic oxidation sites excluding steroid dienone is 9. The molecule has 0 saturated heterocycles. The molecule has 0 saturated carbocycles. The van der Waals surface area contributed by atoms with Gasteiger partial charge in [0.05, 0.1) is 33.8 Å². The molecule has 1 N–H and O–H groups in total. The molecule has 9 nitrogen and oxygen atoms in total. The second-order valence-electron chi connectivity index (χ2n) is 21.5. The Morgan fingerprint density at radius 2 is 0.847 bits per heavy atom. The van der Waals surface area contributed by atoms with Crippen LogP contribution in [0.25, 0.3) is 0 Å². The molecule has 0 heterocycles. The molecule has 0 bridgehead atoms. The molecule has 0 aromatic carbocycles. The molecule has 0 spiro atoms. The highest BCUT2D eigenvalue weighted by molar-refractivity contribution is 7.45. The summed E-state index contributed by atoms with van der Waals surface area (Å²) in [6.45, 7) is 6.81. The van der Waals surface area contributed by atoms with E-state index < -0.39 is 26.6 Å². The van der Waals surface area contributed by atoms with E-state index in [4.69, 9.17) is 13.8 Å². The molecule has 0 aliphatic carbocycles. The van der Waals surface area contributed by atoms with Crippen molar-refractivity contribution in [1.82, 2.24) is 5.32 Å². The molecule has 0 aliphatic heterocycles. The first-order chi connectivity index (χ1) is 34.9. The van der Waals surface area contributed by atoms with Crippen LogP contribution >= 0.6 is 7.82 Å². The highest BCUT2D eigenvalue weighted by atomic mass is 31.2. The molecule has 0 radical (unpaired) electrons. The number of hydrogen-bond acceptors (Lipinski definition) is 7. The van der Waals surface area contributed by atoms with Crippen LogP contribution in [0.5, 0.6) is 0 Å². The highest BCUT2D eigenvalue weighted by Gasteiger charge is 2.27. The Balaban J connectivity index is 5.29. The van der Waals surface area contributed by atoms with Gasteiger partial charge in [-0.3, -0.25) is 14.2 Å². The number of amides is 1. The van der Waals surface area contributed by atoms with Crippen molar-refractivity contribution in [3.63, 3.8) is 0 Å². The van der Waals surface area contributed by atoms with Crippen LogP contribution < -0.4 is 10.2 Å². The fourth-order valence-corrected chi connectivity index (χ4v) is 9.23. The molecule has 72 heavy (non-hydrogen) atoms. The van der Waals surface area contributed by atoms with Gasteiger partial charge in [-0.15, -0.1) is 0 Å². The van der Waals surface area contributed by atoms with Gasteiger partial charge >= 0.3 is 5.97 Å². The number of nitrogens with zero attached hydrogens (tertiary/aromatic N) is 1. The Morgan fingerprint density at radius 3 is 1.29 bits per heavy atom. The number of unbranched alkanes of at least 4 members (excludes halogenated alkanes) is 30. The van der Waals surface area contributed by atoms with Crippen molar-refractivity contribution in [3.05, 3.63) is 60.8 Å². The first-order valence-electron chi connectivity index (χ1n) is 30.1. The summed E-state index contributed by atoms with van der Waals surface area (Å²) in [4.78, 5) is 39.9. The zero-order chi connectivity index (χ0) is 52.9. The maximum atomic E-state index is 13.5. The second kappa shape index (κ2) is 52.2. The van der Waals surface area contributed by atoms with Crippen LogP contribution in [-0.2, 0) is 27.9 Å². The molecule has 1 amide bonds. The quantitative estimate of drug-likeness (QED) is 0.0212. The highest BCUT2D eigenvalue weighted by Crippen LogP contribution is 2.38. The summed E-state index contributed by atoms with van der Waals surface area (Å²) in [7, 11) is 1.18. The average molecular weight is 1030 g/mol. The third-order valence-electron chi connectivity index (χ3n) is 13.2. The minimum atomic E-state index is -4.70. The second-order valence-corrected chi connectivity index (χ2v) is 22.9. The van der Waals surface area contributed by atoms with E-state index in [-0.39, 0.29) is 24.9 Å². The van der Waals surface area contributed by atoms with Gasteiger partial charge < -0.3 is 28.5 Å². The molecule has 0 aliphatic rings. The van der Waals surface area contributed by atoms with E-state index in [0.717, 1.165) is 89.9 Å². The summed E-state index contributed by atoms with van der Waals surface area (Å²) < 4.78 is 30.2. The molecule has 10 heteroatoms. The fourth-order valence-electron chi connectivity index (χ4n) is 8.51. The Morgan fingerprint density at radius 1 is 0.486 bits per heavy atom. The zero-order valence-corrected chi connectivity index (χ0v) is 48.8. The SMILES string of the molecule is CCCCC/C=C\C/C=C\C/C=C\C/C=C\CCCCCCCC(=O)OC(/C=C/CCCCCCCCCCCC)C(COP(=O)([O-])OCC[N+](C)(C)C)NC(=O)CCCCCCCCCCCCCCC. The molecule has 3 unspecified atom stereocenters. The van der Waals surface area contributed by atoms with Gasteiger partial charge in [-0.2, -0.15) is 0 Å². The number of quaternary nitrogens is 1. The topological polar surface area (TPSA) is 114 Å². The fraction of sp³-hybridized carbons (Fsp3) is 0.806. The van der Waals surface area contributed by atoms with Gasteiger partial charge in [0.1, 0.15) is 19.3 Å². The van der Waals surface area contributed by atoms with Crippen molar-refractivity contribution in [3.8, 4) is 0 Å². The molecule has 3 atom stereocenters. The number of phosphoric ester groups is 1. The van der Waals surface area contributed by atoms with Gasteiger partial charge in [-0.05, 0) is 76.7 Å². The molecular weight excluding hydrogens is 916 g/mol. The van der Waals surface area contributed by atoms with Crippen LogP contribution in [0.2, 0.25) is 0 Å². The average Bonchev–Trinajstić information content (AvgIpc) is 3.34. The van der Waals surface area contributed by atoms with E-state index in [9.17, 15) is 19.0 Å². The lowest BCUT2D eigenvalue weighted by molar-refractivity contribution is -0.870. The van der Waals surface area contributed by atoms with Crippen molar-refractivity contribution in [2.45, 2.75) is 283 Å². The number of esters is 1. The smallest absolute Gasteiger partial charge is 0.306 e. The first-order valence-corrected chi connectivity index (χ1v) is 31.6. The maximum Gasteiger partial charge on any atom is 0.306 e. The number of carbonyl (C=O) groups is 2. The molecule has 0 aromatic heterocycles. The summed E-state index contributed by atoms with van der Waals surface area (Å²) in [5.41, 5.74) is 0.